The second kappa shape index (κ2) is 7.46. The lowest BCUT2D eigenvalue weighted by molar-refractivity contribution is -0.142. The van der Waals surface area contributed by atoms with E-state index in [-0.39, 0.29) is 5.91 Å². The monoisotopic (exact) mass is 321 g/mol. The van der Waals surface area contributed by atoms with Crippen LogP contribution in [-0.2, 0) is 14.3 Å². The lowest BCUT2D eigenvalue weighted by Gasteiger charge is -2.36. The molecule has 0 unspecified atom stereocenters. The van der Waals surface area contributed by atoms with Gasteiger partial charge in [-0.05, 0) is 55.9 Å². The van der Waals surface area contributed by atoms with Crippen molar-refractivity contribution in [2.75, 3.05) is 19.0 Å². The van der Waals surface area contributed by atoms with Gasteiger partial charge in [-0.15, -0.1) is 0 Å². The Morgan fingerprint density at radius 3 is 2.39 bits per heavy atom. The highest BCUT2D eigenvalue weighted by Crippen LogP contribution is 2.35. The van der Waals surface area contributed by atoms with Gasteiger partial charge in [-0.1, -0.05) is 6.92 Å². The van der Waals surface area contributed by atoms with Crippen LogP contribution in [0, 0.1) is 5.92 Å². The molecule has 0 heterocycles. The van der Waals surface area contributed by atoms with Gasteiger partial charge in [0.1, 0.15) is 11.4 Å². The van der Waals surface area contributed by atoms with E-state index in [0.717, 1.165) is 25.7 Å². The molecular formula is C17H23NO5. The number of aliphatic carboxylic acids is 1. The summed E-state index contributed by atoms with van der Waals surface area (Å²) in [5.74, 6) is -0.0999. The minimum atomic E-state index is -1.03. The molecule has 1 saturated carbocycles. The van der Waals surface area contributed by atoms with Crippen molar-refractivity contribution in [1.82, 2.24) is 0 Å². The molecule has 2 rings (SSSR count). The number of carbonyl (C=O) groups is 2. The lowest BCUT2D eigenvalue weighted by atomic mass is 9.79. The van der Waals surface area contributed by atoms with Crippen LogP contribution >= 0.6 is 0 Å². The number of nitrogens with one attached hydrogen (secondary N) is 1. The maximum absolute atomic E-state index is 12.6. The molecule has 0 aromatic heterocycles. The van der Waals surface area contributed by atoms with Crippen LogP contribution in [0.1, 0.15) is 32.6 Å². The quantitative estimate of drug-likeness (QED) is 0.841. The smallest absolute Gasteiger partial charge is 0.341 e. The number of anilines is 1. The van der Waals surface area contributed by atoms with Crippen LogP contribution in [0.25, 0.3) is 0 Å². The van der Waals surface area contributed by atoms with Crippen molar-refractivity contribution in [3.63, 3.8) is 0 Å². The van der Waals surface area contributed by atoms with Gasteiger partial charge in [-0.25, -0.2) is 4.79 Å². The van der Waals surface area contributed by atoms with Gasteiger partial charge in [-0.2, -0.15) is 0 Å². The summed E-state index contributed by atoms with van der Waals surface area (Å²) < 4.78 is 10.6. The number of hydrogen-bond acceptors (Lipinski definition) is 4. The number of benzene rings is 1. The molecule has 1 aromatic rings. The van der Waals surface area contributed by atoms with E-state index >= 15 is 0 Å². The van der Waals surface area contributed by atoms with Crippen molar-refractivity contribution in [3.05, 3.63) is 24.3 Å². The summed E-state index contributed by atoms with van der Waals surface area (Å²) in [6.45, 7) is 1.80. The van der Waals surface area contributed by atoms with E-state index in [4.69, 9.17) is 14.6 Å². The third kappa shape index (κ3) is 4.45. The Kier molecular flexibility index (Phi) is 5.60. The van der Waals surface area contributed by atoms with Gasteiger partial charge in [-0.3, -0.25) is 4.79 Å². The highest BCUT2D eigenvalue weighted by Gasteiger charge is 2.41. The first-order valence-electron chi connectivity index (χ1n) is 7.76. The van der Waals surface area contributed by atoms with E-state index in [0.29, 0.717) is 17.4 Å². The predicted octanol–water partition coefficient (Wildman–Crippen LogP) is 2.68. The summed E-state index contributed by atoms with van der Waals surface area (Å²) in [6, 6.07) is 6.62. The van der Waals surface area contributed by atoms with Crippen LogP contribution in [0.2, 0.25) is 0 Å². The largest absolute Gasteiger partial charge is 0.482 e. The SMILES string of the molecule is COC1(C(=O)Nc2ccc(OCC(=O)O)cc2)CCC(C)CC1. The van der Waals surface area contributed by atoms with Gasteiger partial charge in [0, 0.05) is 12.8 Å². The van der Waals surface area contributed by atoms with E-state index in [9.17, 15) is 9.59 Å². The topological polar surface area (TPSA) is 84.9 Å². The number of hydrogen-bond donors (Lipinski definition) is 2. The maximum atomic E-state index is 12.6. The third-order valence-corrected chi connectivity index (χ3v) is 4.36. The molecule has 1 fully saturated rings. The number of carboxylic acid groups (broad SMARTS) is 1. The average Bonchev–Trinajstić information content (AvgIpc) is 2.55. The highest BCUT2D eigenvalue weighted by atomic mass is 16.5. The Labute approximate surface area is 135 Å². The Hall–Kier alpha value is -2.08. The van der Waals surface area contributed by atoms with Crippen LogP contribution in [0.5, 0.6) is 5.75 Å². The number of carboxylic acids is 1. The van der Waals surface area contributed by atoms with Crippen molar-refractivity contribution in [3.8, 4) is 5.75 Å². The molecule has 6 heteroatoms. The summed E-state index contributed by atoms with van der Waals surface area (Å²) in [5, 5.41) is 11.4. The molecule has 2 N–H and O–H groups in total. The summed E-state index contributed by atoms with van der Waals surface area (Å²) in [6.07, 6.45) is 3.39. The molecule has 0 saturated heterocycles. The second-order valence-corrected chi connectivity index (χ2v) is 6.04. The van der Waals surface area contributed by atoms with E-state index < -0.39 is 18.2 Å². The number of rotatable bonds is 6. The molecule has 0 atom stereocenters. The first kappa shape index (κ1) is 17.3. The van der Waals surface area contributed by atoms with Crippen LogP contribution in [0.4, 0.5) is 5.69 Å². The normalized spacial score (nSPS) is 24.0. The molecule has 23 heavy (non-hydrogen) atoms. The van der Waals surface area contributed by atoms with Crippen molar-refractivity contribution < 1.29 is 24.2 Å². The lowest BCUT2D eigenvalue weighted by Crippen LogP contribution is -2.47. The van der Waals surface area contributed by atoms with Crippen molar-refractivity contribution in [2.24, 2.45) is 5.92 Å². The summed E-state index contributed by atoms with van der Waals surface area (Å²) in [5.41, 5.74) is -0.127. The standard InChI is InChI=1S/C17H23NO5/c1-12-7-9-17(22-2,10-8-12)16(21)18-13-3-5-14(6-4-13)23-11-15(19)20/h3-6,12H,7-11H2,1-2H3,(H,18,21)(H,19,20). The molecule has 0 spiro atoms. The first-order valence-corrected chi connectivity index (χ1v) is 7.76. The van der Waals surface area contributed by atoms with Gasteiger partial charge >= 0.3 is 5.97 Å². The number of amides is 1. The Bertz CT molecular complexity index is 547. The fourth-order valence-electron chi connectivity index (χ4n) is 2.78. The third-order valence-electron chi connectivity index (χ3n) is 4.36. The molecule has 1 aliphatic rings. The molecule has 6 nitrogen and oxygen atoms in total. The Balaban J connectivity index is 1.97. The van der Waals surface area contributed by atoms with Gasteiger partial charge in [0.15, 0.2) is 6.61 Å². The summed E-state index contributed by atoms with van der Waals surface area (Å²) >= 11 is 0. The molecule has 0 bridgehead atoms. The van der Waals surface area contributed by atoms with Crippen LogP contribution in [0.15, 0.2) is 24.3 Å². The van der Waals surface area contributed by atoms with Crippen molar-refractivity contribution >= 4 is 17.6 Å². The fourth-order valence-corrected chi connectivity index (χ4v) is 2.78. The van der Waals surface area contributed by atoms with Crippen LogP contribution in [0.3, 0.4) is 0 Å². The maximum Gasteiger partial charge on any atom is 0.341 e. The molecule has 1 amide bonds. The number of methoxy groups -OCH3 is 1. The van der Waals surface area contributed by atoms with Crippen LogP contribution < -0.4 is 10.1 Å². The van der Waals surface area contributed by atoms with Gasteiger partial charge in [0.25, 0.3) is 5.91 Å². The minimum absolute atomic E-state index is 0.133. The average molecular weight is 321 g/mol. The van der Waals surface area contributed by atoms with E-state index in [1.54, 1.807) is 31.4 Å². The highest BCUT2D eigenvalue weighted by molar-refractivity contribution is 5.97. The first-order chi connectivity index (χ1) is 10.9. The molecular weight excluding hydrogens is 298 g/mol. The van der Waals surface area contributed by atoms with Crippen molar-refractivity contribution in [2.45, 2.75) is 38.2 Å². The predicted molar refractivity (Wildman–Crippen MR) is 85.6 cm³/mol. The summed E-state index contributed by atoms with van der Waals surface area (Å²) in [7, 11) is 1.58. The van der Waals surface area contributed by atoms with Crippen molar-refractivity contribution in [1.29, 1.82) is 0 Å². The zero-order valence-corrected chi connectivity index (χ0v) is 13.5. The Morgan fingerprint density at radius 1 is 1.26 bits per heavy atom. The fraction of sp³-hybridized carbons (Fsp3) is 0.529. The van der Waals surface area contributed by atoms with Gasteiger partial charge < -0.3 is 19.9 Å². The molecule has 0 radical (unpaired) electrons. The molecule has 1 aromatic carbocycles. The minimum Gasteiger partial charge on any atom is -0.482 e. The van der Waals surface area contributed by atoms with E-state index in [2.05, 4.69) is 12.2 Å². The molecule has 1 aliphatic carbocycles. The van der Waals surface area contributed by atoms with E-state index in [1.807, 2.05) is 0 Å². The van der Waals surface area contributed by atoms with Crippen LogP contribution in [-0.4, -0.2) is 36.3 Å². The molecule has 126 valence electrons. The zero-order valence-electron chi connectivity index (χ0n) is 13.5. The zero-order chi connectivity index (χ0) is 16.9. The van der Waals surface area contributed by atoms with Gasteiger partial charge in [0.2, 0.25) is 0 Å². The molecule has 0 aliphatic heterocycles. The second-order valence-electron chi connectivity index (χ2n) is 6.04. The number of ether oxygens (including phenoxy) is 2. The van der Waals surface area contributed by atoms with E-state index in [1.165, 1.54) is 0 Å². The van der Waals surface area contributed by atoms with Gasteiger partial charge in [0.05, 0.1) is 0 Å². The Morgan fingerprint density at radius 2 is 1.87 bits per heavy atom. The number of carbonyl (C=O) groups excluding carboxylic acids is 1. The summed E-state index contributed by atoms with van der Waals surface area (Å²) in [4.78, 5) is 23.0.